The van der Waals surface area contributed by atoms with Gasteiger partial charge < -0.3 is 25.6 Å². The first-order valence-electron chi connectivity index (χ1n) is 13.4. The van der Waals surface area contributed by atoms with Crippen molar-refractivity contribution in [3.05, 3.63) is 75.7 Å². The van der Waals surface area contributed by atoms with Gasteiger partial charge in [0.15, 0.2) is 23.1 Å². The number of halogens is 5. The fraction of sp³-hybridized carbons (Fsp3) is 0.367. The molecule has 4 N–H and O–H groups in total. The number of aliphatic hydroxyl groups is 1. The smallest absolute Gasteiger partial charge is 0.259 e. The Kier molecular flexibility index (Phi) is 9.50. The molecule has 0 saturated heterocycles. The molecule has 1 unspecified atom stereocenters. The van der Waals surface area contributed by atoms with Crippen LogP contribution in [0.3, 0.4) is 0 Å². The van der Waals surface area contributed by atoms with Gasteiger partial charge >= 0.3 is 0 Å². The summed E-state index contributed by atoms with van der Waals surface area (Å²) in [5.74, 6) is -5.83. The lowest BCUT2D eigenvalue weighted by atomic mass is 9.90. The van der Waals surface area contributed by atoms with Crippen LogP contribution in [0.1, 0.15) is 54.2 Å². The highest BCUT2D eigenvalue weighted by Crippen LogP contribution is 2.44. The number of benzene rings is 2. The summed E-state index contributed by atoms with van der Waals surface area (Å²) < 4.78 is 70.9. The number of aromatic nitrogens is 1. The normalized spacial score (nSPS) is 15.7. The Hall–Kier alpha value is -3.90. The van der Waals surface area contributed by atoms with Crippen LogP contribution in [0.4, 0.5) is 17.6 Å². The second kappa shape index (κ2) is 12.8. The van der Waals surface area contributed by atoms with E-state index in [0.717, 1.165) is 25.1 Å². The molecule has 13 heteroatoms. The molecule has 3 aromatic rings. The summed E-state index contributed by atoms with van der Waals surface area (Å²) >= 11 is 5.71. The van der Waals surface area contributed by atoms with Gasteiger partial charge in [0.2, 0.25) is 5.67 Å². The van der Waals surface area contributed by atoms with Gasteiger partial charge in [0.25, 0.3) is 11.8 Å². The van der Waals surface area contributed by atoms with E-state index in [1.54, 1.807) is 6.92 Å². The van der Waals surface area contributed by atoms with Crippen molar-refractivity contribution in [3.8, 4) is 22.8 Å². The van der Waals surface area contributed by atoms with Crippen LogP contribution in [-0.4, -0.2) is 48.3 Å². The molecule has 43 heavy (non-hydrogen) atoms. The largest absolute Gasteiger partial charge is 0.493 e. The third kappa shape index (κ3) is 6.86. The van der Waals surface area contributed by atoms with Crippen molar-refractivity contribution in [1.29, 1.82) is 0 Å². The van der Waals surface area contributed by atoms with E-state index in [1.165, 1.54) is 25.3 Å². The summed E-state index contributed by atoms with van der Waals surface area (Å²) in [6.45, 7) is 2.31. The second-order valence-electron chi connectivity index (χ2n) is 10.5. The molecule has 4 rings (SSSR count). The second-order valence-corrected chi connectivity index (χ2v) is 10.9. The number of pyridine rings is 1. The molecule has 8 nitrogen and oxygen atoms in total. The molecule has 3 atom stereocenters. The molecule has 0 spiro atoms. The Morgan fingerprint density at radius 1 is 1.16 bits per heavy atom. The molecule has 1 aliphatic rings. The monoisotopic (exact) mass is 623 g/mol. The number of alkyl halides is 1. The van der Waals surface area contributed by atoms with Crippen molar-refractivity contribution in [1.82, 2.24) is 10.3 Å². The van der Waals surface area contributed by atoms with Crippen molar-refractivity contribution in [2.75, 3.05) is 20.3 Å². The van der Waals surface area contributed by atoms with Gasteiger partial charge in [0, 0.05) is 34.8 Å². The average molecular weight is 624 g/mol. The fourth-order valence-corrected chi connectivity index (χ4v) is 4.72. The van der Waals surface area contributed by atoms with E-state index in [9.17, 15) is 23.5 Å². The van der Waals surface area contributed by atoms with Crippen LogP contribution in [0.25, 0.3) is 11.3 Å². The number of primary amides is 1. The molecule has 1 aromatic heterocycles. The van der Waals surface area contributed by atoms with Gasteiger partial charge in [-0.25, -0.2) is 22.5 Å². The highest BCUT2D eigenvalue weighted by molar-refractivity contribution is 6.31. The number of carbonyl (C=O) groups excluding carboxylic acids is 2. The van der Waals surface area contributed by atoms with Crippen LogP contribution >= 0.6 is 11.6 Å². The number of nitrogens with one attached hydrogen (secondary N) is 1. The number of methoxy groups -OCH3 is 1. The van der Waals surface area contributed by atoms with E-state index < -0.39 is 68.8 Å². The van der Waals surface area contributed by atoms with Gasteiger partial charge in [-0.3, -0.25) is 9.59 Å². The number of amides is 2. The maximum atomic E-state index is 15.7. The maximum Gasteiger partial charge on any atom is 0.259 e. The van der Waals surface area contributed by atoms with E-state index in [2.05, 4.69) is 10.3 Å². The highest BCUT2D eigenvalue weighted by atomic mass is 35.5. The molecule has 230 valence electrons. The van der Waals surface area contributed by atoms with Crippen molar-refractivity contribution in [2.45, 2.75) is 44.4 Å². The Labute approximate surface area is 250 Å². The first-order valence-corrected chi connectivity index (χ1v) is 13.7. The Morgan fingerprint density at radius 3 is 2.47 bits per heavy atom. The summed E-state index contributed by atoms with van der Waals surface area (Å²) in [7, 11) is 1.40. The highest BCUT2D eigenvalue weighted by Gasteiger charge is 2.40. The molecule has 1 aliphatic carbocycles. The first kappa shape index (κ1) is 32.0. The summed E-state index contributed by atoms with van der Waals surface area (Å²) in [6.07, 6.45) is 0.711. The predicted molar refractivity (Wildman–Crippen MR) is 150 cm³/mol. The predicted octanol–water partition coefficient (Wildman–Crippen LogP) is 5.18. The van der Waals surface area contributed by atoms with Crippen LogP contribution in [0.5, 0.6) is 11.5 Å². The van der Waals surface area contributed by atoms with Gasteiger partial charge in [0.1, 0.15) is 23.1 Å². The van der Waals surface area contributed by atoms with Gasteiger partial charge in [-0.05, 0) is 69.0 Å². The summed E-state index contributed by atoms with van der Waals surface area (Å²) in [4.78, 5) is 29.3. The molecule has 1 saturated carbocycles. The molecular weight excluding hydrogens is 594 g/mol. The number of aliphatic hydroxyl groups excluding tert-OH is 1. The molecule has 1 heterocycles. The van der Waals surface area contributed by atoms with Crippen molar-refractivity contribution in [3.63, 3.8) is 0 Å². The summed E-state index contributed by atoms with van der Waals surface area (Å²) in [5.41, 5.74) is 0.488. The van der Waals surface area contributed by atoms with Crippen LogP contribution in [-0.2, 0) is 10.5 Å². The third-order valence-corrected chi connectivity index (χ3v) is 7.54. The zero-order chi connectivity index (χ0) is 31.6. The van der Waals surface area contributed by atoms with Gasteiger partial charge in [-0.15, -0.1) is 0 Å². The van der Waals surface area contributed by atoms with E-state index in [1.807, 2.05) is 0 Å². The lowest BCUT2D eigenvalue weighted by molar-refractivity contribution is -0.129. The van der Waals surface area contributed by atoms with Crippen LogP contribution in [0.2, 0.25) is 5.02 Å². The quantitative estimate of drug-likeness (QED) is 0.189. The van der Waals surface area contributed by atoms with Gasteiger partial charge in [-0.2, -0.15) is 0 Å². The van der Waals surface area contributed by atoms with Gasteiger partial charge in [-0.1, -0.05) is 11.6 Å². The Balaban J connectivity index is 1.70. The standard InChI is InChI=1S/C30H30ClF4N3O5/c1-14(39)13-43-22-9-6-16(10-23(22)42-3)28(40)37-12-18(15-4-5-15)21-11-19(30(2,35)29(36)41)26(34)27(38-21)17-7-8-20(32)24(31)25(17)33/h6-11,14-15,18,39H,4-5,12-13H2,1-3H3,(H2,36,41)(H,37,40)/t14-,18+,30?/m1/s1. The minimum absolute atomic E-state index is 0.0152. The van der Waals surface area contributed by atoms with Crippen molar-refractivity contribution >= 4 is 23.4 Å². The van der Waals surface area contributed by atoms with Gasteiger partial charge in [0.05, 0.1) is 13.2 Å². The molecule has 2 aromatic carbocycles. The first-order chi connectivity index (χ1) is 20.3. The summed E-state index contributed by atoms with van der Waals surface area (Å²) in [5, 5.41) is 11.3. The zero-order valence-electron chi connectivity index (χ0n) is 23.5. The lowest BCUT2D eigenvalue weighted by Crippen LogP contribution is -2.36. The number of rotatable bonds is 12. The minimum Gasteiger partial charge on any atom is -0.493 e. The molecule has 2 amide bonds. The third-order valence-electron chi connectivity index (χ3n) is 7.20. The van der Waals surface area contributed by atoms with E-state index in [-0.39, 0.29) is 36.1 Å². The van der Waals surface area contributed by atoms with Crippen LogP contribution < -0.4 is 20.5 Å². The number of carbonyl (C=O) groups is 2. The maximum absolute atomic E-state index is 15.7. The summed E-state index contributed by atoms with van der Waals surface area (Å²) in [6, 6.07) is 7.22. The minimum atomic E-state index is -3.01. The van der Waals surface area contributed by atoms with E-state index >= 15 is 8.78 Å². The van der Waals surface area contributed by atoms with E-state index in [4.69, 9.17) is 26.8 Å². The molecule has 0 radical (unpaired) electrons. The lowest BCUT2D eigenvalue weighted by Gasteiger charge is -2.24. The fourth-order valence-electron chi connectivity index (χ4n) is 4.56. The van der Waals surface area contributed by atoms with Crippen molar-refractivity contribution in [2.24, 2.45) is 11.7 Å². The number of hydrogen-bond acceptors (Lipinski definition) is 6. The molecule has 1 fully saturated rings. The number of nitrogens with zero attached hydrogens (tertiary/aromatic N) is 1. The molecule has 0 bridgehead atoms. The SMILES string of the molecule is COc1cc(C(=O)NC[C@H](c2cc(C(C)(F)C(N)=O)c(F)c(-c3ccc(F)c(Cl)c3F)n2)C2CC2)ccc1OC[C@@H](C)O. The van der Waals surface area contributed by atoms with Crippen molar-refractivity contribution < 1.29 is 41.7 Å². The molecular formula is C30H30ClF4N3O5. The Bertz CT molecular complexity index is 1550. The van der Waals surface area contributed by atoms with Crippen LogP contribution in [0.15, 0.2) is 36.4 Å². The number of ether oxygens (including phenoxy) is 2. The zero-order valence-corrected chi connectivity index (χ0v) is 24.3. The topological polar surface area (TPSA) is 124 Å². The average Bonchev–Trinajstić information content (AvgIpc) is 3.81. The Morgan fingerprint density at radius 2 is 1.86 bits per heavy atom. The van der Waals surface area contributed by atoms with E-state index in [0.29, 0.717) is 18.6 Å². The number of hydrogen-bond donors (Lipinski definition) is 3. The van der Waals surface area contributed by atoms with Crippen LogP contribution in [0, 0.1) is 23.4 Å². The number of nitrogens with two attached hydrogens (primary N) is 1. The molecule has 0 aliphatic heterocycles.